The lowest BCUT2D eigenvalue weighted by Crippen LogP contribution is -2.46. The van der Waals surface area contributed by atoms with Crippen LogP contribution in [0.5, 0.6) is 0 Å². The highest BCUT2D eigenvalue weighted by Gasteiger charge is 2.43. The summed E-state index contributed by atoms with van der Waals surface area (Å²) in [6.45, 7) is 3.09. The van der Waals surface area contributed by atoms with Gasteiger partial charge in [0.25, 0.3) is 0 Å². The van der Waals surface area contributed by atoms with E-state index in [0.29, 0.717) is 18.3 Å². The first-order valence-corrected chi connectivity index (χ1v) is 14.7. The van der Waals surface area contributed by atoms with E-state index in [1.807, 2.05) is 0 Å². The molecule has 32 heavy (non-hydrogen) atoms. The first-order valence-electron chi connectivity index (χ1n) is 14.7. The number of fused-ring (bicyclic) bond motifs is 3. The van der Waals surface area contributed by atoms with Crippen molar-refractivity contribution >= 4 is 0 Å². The molecule has 3 heterocycles. The molecule has 10 unspecified atom stereocenters. The van der Waals surface area contributed by atoms with Crippen LogP contribution < -0.4 is 0 Å². The van der Waals surface area contributed by atoms with Gasteiger partial charge >= 0.3 is 0 Å². The van der Waals surface area contributed by atoms with Crippen molar-refractivity contribution in [2.24, 2.45) is 41.4 Å². The molecule has 0 radical (unpaired) electrons. The van der Waals surface area contributed by atoms with E-state index in [0.717, 1.165) is 61.2 Å². The summed E-state index contributed by atoms with van der Waals surface area (Å²) in [6.07, 6.45) is 24.0. The van der Waals surface area contributed by atoms with Crippen molar-refractivity contribution in [3.8, 4) is 0 Å². The largest absolute Gasteiger partial charge is 0.381 e. The predicted molar refractivity (Wildman–Crippen MR) is 128 cm³/mol. The number of hydrogen-bond donors (Lipinski definition) is 0. The normalized spacial score (nSPS) is 50.2. The molecule has 182 valence electrons. The second kappa shape index (κ2) is 10.2. The molecule has 3 saturated carbocycles. The smallest absolute Gasteiger partial charge is 0.0608 e. The lowest BCUT2D eigenvalue weighted by atomic mass is 9.69. The zero-order chi connectivity index (χ0) is 21.3. The Morgan fingerprint density at radius 1 is 0.406 bits per heavy atom. The summed E-state index contributed by atoms with van der Waals surface area (Å²) in [5, 5.41) is 0. The van der Waals surface area contributed by atoms with Crippen molar-refractivity contribution in [1.29, 1.82) is 0 Å². The van der Waals surface area contributed by atoms with E-state index in [9.17, 15) is 0 Å². The van der Waals surface area contributed by atoms with Crippen LogP contribution in [0.1, 0.15) is 103 Å². The van der Waals surface area contributed by atoms with E-state index in [1.165, 1.54) is 103 Å². The summed E-state index contributed by atoms with van der Waals surface area (Å²) in [7, 11) is 0. The molecule has 6 rings (SSSR count). The molecule has 3 aliphatic heterocycles. The van der Waals surface area contributed by atoms with Crippen LogP contribution in [0.4, 0.5) is 0 Å². The molecule has 6 fully saturated rings. The van der Waals surface area contributed by atoms with Gasteiger partial charge in [0, 0.05) is 13.2 Å². The second-order valence-electron chi connectivity index (χ2n) is 12.7. The zero-order valence-corrected chi connectivity index (χ0v) is 20.4. The van der Waals surface area contributed by atoms with Crippen molar-refractivity contribution in [2.75, 3.05) is 19.8 Å². The molecule has 6 aliphatic rings. The SMILES string of the molecule is C1CCC2CCC(C3CCC4CC(C5CCC6CCOCC6CC5)COC4C3)OC2CC1. The van der Waals surface area contributed by atoms with Gasteiger partial charge < -0.3 is 14.2 Å². The van der Waals surface area contributed by atoms with Gasteiger partial charge in [0.2, 0.25) is 0 Å². The summed E-state index contributed by atoms with van der Waals surface area (Å²) < 4.78 is 19.3. The molecule has 0 spiro atoms. The van der Waals surface area contributed by atoms with Gasteiger partial charge in [0.15, 0.2) is 0 Å². The van der Waals surface area contributed by atoms with Crippen LogP contribution in [0.3, 0.4) is 0 Å². The van der Waals surface area contributed by atoms with Crippen LogP contribution in [0, 0.1) is 41.4 Å². The van der Waals surface area contributed by atoms with Gasteiger partial charge in [-0.05, 0) is 125 Å². The van der Waals surface area contributed by atoms with Crippen LogP contribution in [-0.2, 0) is 14.2 Å². The Kier molecular flexibility index (Phi) is 7.15. The average molecular weight is 445 g/mol. The highest BCUT2D eigenvalue weighted by molar-refractivity contribution is 4.93. The summed E-state index contributed by atoms with van der Waals surface area (Å²) >= 11 is 0. The van der Waals surface area contributed by atoms with Crippen molar-refractivity contribution in [2.45, 2.75) is 121 Å². The molecular formula is C29H48O3. The van der Waals surface area contributed by atoms with Gasteiger partial charge in [-0.2, -0.15) is 0 Å². The minimum Gasteiger partial charge on any atom is -0.381 e. The van der Waals surface area contributed by atoms with E-state index in [-0.39, 0.29) is 0 Å². The van der Waals surface area contributed by atoms with E-state index in [2.05, 4.69) is 0 Å². The topological polar surface area (TPSA) is 27.7 Å². The van der Waals surface area contributed by atoms with Crippen LogP contribution in [0.25, 0.3) is 0 Å². The van der Waals surface area contributed by atoms with Crippen LogP contribution in [0.2, 0.25) is 0 Å². The molecule has 3 heteroatoms. The highest BCUT2D eigenvalue weighted by Crippen LogP contribution is 2.47. The minimum atomic E-state index is 0.530. The molecule has 10 atom stereocenters. The standard InChI is InChI=1S/C29H48O3/c1-2-4-22-12-13-28(32-27(22)5-3-1)24-10-9-23-16-26(19-31-29(23)17-24)20-6-7-21-14-15-30-18-25(21)11-8-20/h20-29H,1-19H2. The Labute approximate surface area is 196 Å². The van der Waals surface area contributed by atoms with Crippen molar-refractivity contribution in [3.05, 3.63) is 0 Å². The quantitative estimate of drug-likeness (QED) is 0.470. The van der Waals surface area contributed by atoms with E-state index in [4.69, 9.17) is 14.2 Å². The molecule has 0 aromatic rings. The fourth-order valence-corrected chi connectivity index (χ4v) is 8.96. The maximum atomic E-state index is 6.80. The third-order valence-electron chi connectivity index (χ3n) is 11.0. The van der Waals surface area contributed by atoms with Gasteiger partial charge in [-0.25, -0.2) is 0 Å². The van der Waals surface area contributed by atoms with E-state index >= 15 is 0 Å². The summed E-state index contributed by atoms with van der Waals surface area (Å²) in [4.78, 5) is 0. The molecule has 3 saturated heterocycles. The summed E-state index contributed by atoms with van der Waals surface area (Å²) in [6, 6.07) is 0. The van der Waals surface area contributed by atoms with Crippen LogP contribution in [0.15, 0.2) is 0 Å². The molecule has 3 aliphatic carbocycles. The van der Waals surface area contributed by atoms with E-state index in [1.54, 1.807) is 0 Å². The Bertz CT molecular complexity index is 573. The first kappa shape index (κ1) is 22.4. The average Bonchev–Trinajstić information content (AvgIpc) is 3.21. The number of ether oxygens (including phenoxy) is 3. The molecule has 3 nitrogen and oxygen atoms in total. The van der Waals surface area contributed by atoms with Crippen molar-refractivity contribution in [1.82, 2.24) is 0 Å². The Morgan fingerprint density at radius 2 is 1.09 bits per heavy atom. The zero-order valence-electron chi connectivity index (χ0n) is 20.4. The molecular weight excluding hydrogens is 396 g/mol. The molecule has 0 aromatic carbocycles. The summed E-state index contributed by atoms with van der Waals surface area (Å²) in [5.41, 5.74) is 0. The third-order valence-corrected chi connectivity index (χ3v) is 11.0. The maximum absolute atomic E-state index is 6.80. The fraction of sp³-hybridized carbons (Fsp3) is 1.00. The molecule has 0 bridgehead atoms. The predicted octanol–water partition coefficient (Wildman–Crippen LogP) is 6.78. The van der Waals surface area contributed by atoms with Gasteiger partial charge in [-0.15, -0.1) is 0 Å². The van der Waals surface area contributed by atoms with Crippen LogP contribution >= 0.6 is 0 Å². The highest BCUT2D eigenvalue weighted by atomic mass is 16.5. The Hall–Kier alpha value is -0.120. The summed E-state index contributed by atoms with van der Waals surface area (Å²) in [5.74, 6) is 5.99. The van der Waals surface area contributed by atoms with Crippen molar-refractivity contribution < 1.29 is 14.2 Å². The van der Waals surface area contributed by atoms with Gasteiger partial charge in [0.1, 0.15) is 0 Å². The number of rotatable bonds is 2. The first-order chi connectivity index (χ1) is 15.8. The van der Waals surface area contributed by atoms with E-state index < -0.39 is 0 Å². The number of hydrogen-bond acceptors (Lipinski definition) is 3. The van der Waals surface area contributed by atoms with Crippen molar-refractivity contribution in [3.63, 3.8) is 0 Å². The lowest BCUT2D eigenvalue weighted by Gasteiger charge is -2.47. The van der Waals surface area contributed by atoms with Crippen LogP contribution in [-0.4, -0.2) is 38.1 Å². The third kappa shape index (κ3) is 4.82. The van der Waals surface area contributed by atoms with Gasteiger partial charge in [0.05, 0.1) is 24.9 Å². The fourth-order valence-electron chi connectivity index (χ4n) is 8.96. The molecule has 0 amide bonds. The molecule has 0 N–H and O–H groups in total. The lowest BCUT2D eigenvalue weighted by molar-refractivity contribution is -0.147. The van der Waals surface area contributed by atoms with Gasteiger partial charge in [-0.3, -0.25) is 0 Å². The maximum Gasteiger partial charge on any atom is 0.0608 e. The Balaban J connectivity index is 1.01. The second-order valence-corrected chi connectivity index (χ2v) is 12.7. The van der Waals surface area contributed by atoms with Gasteiger partial charge in [-0.1, -0.05) is 19.3 Å². The Morgan fingerprint density at radius 3 is 2.00 bits per heavy atom. The molecule has 0 aromatic heterocycles. The minimum absolute atomic E-state index is 0.530. The monoisotopic (exact) mass is 444 g/mol.